The minimum absolute atomic E-state index is 0.0377. The molecule has 0 saturated carbocycles. The number of nitrogens with zero attached hydrogens (tertiary/aromatic N) is 1. The summed E-state index contributed by atoms with van der Waals surface area (Å²) in [5.41, 5.74) is 4.16. The van der Waals surface area contributed by atoms with Crippen LogP contribution < -0.4 is 15.4 Å². The first-order valence-electron chi connectivity index (χ1n) is 8.59. The number of alkyl halides is 3. The molecule has 0 aliphatic heterocycles. The van der Waals surface area contributed by atoms with Crippen LogP contribution in [0.4, 0.5) is 18.0 Å². The van der Waals surface area contributed by atoms with E-state index in [-0.39, 0.29) is 24.5 Å². The van der Waals surface area contributed by atoms with Crippen molar-refractivity contribution >= 4 is 6.03 Å². The first-order chi connectivity index (χ1) is 12.8. The lowest BCUT2D eigenvalue weighted by molar-refractivity contribution is -0.154. The third kappa shape index (κ3) is 5.12. The molecule has 1 unspecified atom stereocenters. The average Bonchev–Trinajstić information content (AvgIpc) is 3.02. The number of urea groups is 1. The Labute approximate surface area is 154 Å². The topological polar surface area (TPSA) is 63.2 Å². The van der Waals surface area contributed by atoms with E-state index in [9.17, 15) is 18.0 Å². The van der Waals surface area contributed by atoms with Crippen molar-refractivity contribution in [3.63, 3.8) is 0 Å². The minimum atomic E-state index is -4.43. The van der Waals surface area contributed by atoms with Gasteiger partial charge in [0, 0.05) is 18.8 Å². The number of hydrogen-bond acceptors (Lipinski definition) is 3. The van der Waals surface area contributed by atoms with Gasteiger partial charge in [0.15, 0.2) is 6.61 Å². The molecule has 5 nitrogen and oxygen atoms in total. The normalized spacial score (nSPS) is 15.9. The summed E-state index contributed by atoms with van der Waals surface area (Å²) < 4.78 is 41.2. The Bertz CT molecular complexity index is 824. The molecule has 0 bridgehead atoms. The number of ether oxygens (including phenoxy) is 1. The lowest BCUT2D eigenvalue weighted by Crippen LogP contribution is -2.37. The van der Waals surface area contributed by atoms with Crippen LogP contribution in [0.15, 0.2) is 36.5 Å². The zero-order valence-electron chi connectivity index (χ0n) is 14.8. The summed E-state index contributed by atoms with van der Waals surface area (Å²) in [5.74, 6) is -0.132. The Hall–Kier alpha value is -2.77. The fourth-order valence-electron chi connectivity index (χ4n) is 3.23. The summed E-state index contributed by atoms with van der Waals surface area (Å²) in [6.07, 6.45) is -1.31. The quantitative estimate of drug-likeness (QED) is 0.830. The van der Waals surface area contributed by atoms with Crippen molar-refractivity contribution in [3.05, 3.63) is 58.8 Å². The van der Waals surface area contributed by atoms with Gasteiger partial charge in [-0.1, -0.05) is 18.2 Å². The van der Waals surface area contributed by atoms with Crippen molar-refractivity contribution < 1.29 is 22.7 Å². The molecule has 2 amide bonds. The summed E-state index contributed by atoms with van der Waals surface area (Å²) in [4.78, 5) is 16.0. The van der Waals surface area contributed by atoms with E-state index in [4.69, 9.17) is 0 Å². The summed E-state index contributed by atoms with van der Waals surface area (Å²) >= 11 is 0. The van der Waals surface area contributed by atoms with Crippen LogP contribution in [0.1, 0.15) is 34.7 Å². The van der Waals surface area contributed by atoms with Crippen molar-refractivity contribution in [2.75, 3.05) is 6.61 Å². The molecule has 1 aromatic heterocycles. The number of halogens is 3. The third-order valence-corrected chi connectivity index (χ3v) is 4.41. The molecule has 8 heteroatoms. The van der Waals surface area contributed by atoms with E-state index < -0.39 is 12.8 Å². The second-order valence-electron chi connectivity index (χ2n) is 6.47. The van der Waals surface area contributed by atoms with Crippen LogP contribution in [-0.4, -0.2) is 23.8 Å². The molecule has 27 heavy (non-hydrogen) atoms. The monoisotopic (exact) mass is 379 g/mol. The molecule has 0 saturated heterocycles. The highest BCUT2D eigenvalue weighted by atomic mass is 19.4. The van der Waals surface area contributed by atoms with Crippen molar-refractivity contribution in [1.29, 1.82) is 0 Å². The van der Waals surface area contributed by atoms with Gasteiger partial charge in [0.05, 0.1) is 6.04 Å². The number of aromatic nitrogens is 1. The zero-order valence-corrected chi connectivity index (χ0v) is 14.8. The number of rotatable bonds is 5. The number of nitrogens with one attached hydrogen (secondary N) is 2. The predicted molar refractivity (Wildman–Crippen MR) is 93.4 cm³/mol. The maximum Gasteiger partial charge on any atom is 0.422 e. The molecule has 3 rings (SSSR count). The Morgan fingerprint density at radius 3 is 2.93 bits per heavy atom. The van der Waals surface area contributed by atoms with Crippen molar-refractivity contribution in [2.45, 2.75) is 38.5 Å². The smallest absolute Gasteiger partial charge is 0.422 e. The SMILES string of the molecule is Cc1cccc2c1C(NC(=O)NCc1ccnc(OCC(F)(F)F)c1)CC2. The Morgan fingerprint density at radius 1 is 1.33 bits per heavy atom. The van der Waals surface area contributed by atoms with Crippen molar-refractivity contribution in [1.82, 2.24) is 15.6 Å². The van der Waals surface area contributed by atoms with Crippen LogP contribution in [0.3, 0.4) is 0 Å². The van der Waals surface area contributed by atoms with E-state index in [1.807, 2.05) is 19.1 Å². The molecule has 0 radical (unpaired) electrons. The number of pyridine rings is 1. The fourth-order valence-corrected chi connectivity index (χ4v) is 3.23. The third-order valence-electron chi connectivity index (χ3n) is 4.41. The van der Waals surface area contributed by atoms with Gasteiger partial charge >= 0.3 is 12.2 Å². The van der Waals surface area contributed by atoms with E-state index in [0.29, 0.717) is 5.56 Å². The van der Waals surface area contributed by atoms with Gasteiger partial charge in [-0.2, -0.15) is 13.2 Å². The Kier molecular flexibility index (Phi) is 5.53. The lowest BCUT2D eigenvalue weighted by Gasteiger charge is -2.17. The van der Waals surface area contributed by atoms with E-state index in [1.165, 1.54) is 23.4 Å². The maximum atomic E-state index is 12.2. The van der Waals surface area contributed by atoms with Crippen LogP contribution >= 0.6 is 0 Å². The molecular formula is C19H20F3N3O2. The molecule has 2 aromatic rings. The van der Waals surface area contributed by atoms with Gasteiger partial charge in [-0.25, -0.2) is 9.78 Å². The summed E-state index contributed by atoms with van der Waals surface area (Å²) in [7, 11) is 0. The number of amides is 2. The number of benzene rings is 1. The van der Waals surface area contributed by atoms with E-state index >= 15 is 0 Å². The van der Waals surface area contributed by atoms with Gasteiger partial charge in [-0.05, 0) is 48.1 Å². The largest absolute Gasteiger partial charge is 0.468 e. The van der Waals surface area contributed by atoms with E-state index in [2.05, 4.69) is 26.4 Å². The van der Waals surface area contributed by atoms with Gasteiger partial charge in [0.2, 0.25) is 5.88 Å². The molecule has 1 aliphatic rings. The molecule has 0 spiro atoms. The maximum absolute atomic E-state index is 12.2. The second-order valence-corrected chi connectivity index (χ2v) is 6.47. The van der Waals surface area contributed by atoms with Gasteiger partial charge in [0.1, 0.15) is 0 Å². The first-order valence-corrected chi connectivity index (χ1v) is 8.59. The molecule has 1 heterocycles. The van der Waals surface area contributed by atoms with E-state index in [1.54, 1.807) is 6.07 Å². The van der Waals surface area contributed by atoms with Crippen LogP contribution in [0.25, 0.3) is 0 Å². The molecule has 2 N–H and O–H groups in total. The fraction of sp³-hybridized carbons (Fsp3) is 0.368. The van der Waals surface area contributed by atoms with Crippen LogP contribution in [0, 0.1) is 6.92 Å². The summed E-state index contributed by atoms with van der Waals surface area (Å²) in [5, 5.41) is 5.68. The molecule has 0 fully saturated rings. The predicted octanol–water partition coefficient (Wildman–Crippen LogP) is 3.82. The number of fused-ring (bicyclic) bond motifs is 1. The standard InChI is InChI=1S/C19H20F3N3O2/c1-12-3-2-4-14-5-6-15(17(12)14)25-18(26)24-10-13-7-8-23-16(9-13)27-11-19(20,21)22/h2-4,7-9,15H,5-6,10-11H2,1H3,(H2,24,25,26). The van der Waals surface area contributed by atoms with Gasteiger partial charge in [0.25, 0.3) is 0 Å². The Morgan fingerprint density at radius 2 is 2.15 bits per heavy atom. The Balaban J connectivity index is 1.53. The number of aryl methyl sites for hydroxylation is 2. The van der Waals surface area contributed by atoms with Crippen LogP contribution in [0.2, 0.25) is 0 Å². The number of carbonyl (C=O) groups excluding carboxylic acids is 1. The molecule has 1 atom stereocenters. The number of hydrogen-bond donors (Lipinski definition) is 2. The van der Waals surface area contributed by atoms with Crippen molar-refractivity contribution in [2.24, 2.45) is 0 Å². The molecular weight excluding hydrogens is 359 g/mol. The minimum Gasteiger partial charge on any atom is -0.468 e. The first kappa shape index (κ1) is 19.0. The van der Waals surface area contributed by atoms with Crippen LogP contribution in [-0.2, 0) is 13.0 Å². The molecule has 1 aromatic carbocycles. The average molecular weight is 379 g/mol. The molecule has 144 valence electrons. The highest BCUT2D eigenvalue weighted by Crippen LogP contribution is 2.33. The van der Waals surface area contributed by atoms with Gasteiger partial charge in [-0.3, -0.25) is 0 Å². The van der Waals surface area contributed by atoms with Gasteiger partial charge < -0.3 is 15.4 Å². The zero-order chi connectivity index (χ0) is 19.4. The number of carbonyl (C=O) groups is 1. The lowest BCUT2D eigenvalue weighted by atomic mass is 10.0. The van der Waals surface area contributed by atoms with E-state index in [0.717, 1.165) is 18.4 Å². The van der Waals surface area contributed by atoms with Gasteiger partial charge in [-0.15, -0.1) is 0 Å². The second kappa shape index (κ2) is 7.85. The molecule has 1 aliphatic carbocycles. The highest BCUT2D eigenvalue weighted by Gasteiger charge is 2.28. The van der Waals surface area contributed by atoms with Crippen molar-refractivity contribution in [3.8, 4) is 5.88 Å². The summed E-state index contributed by atoms with van der Waals surface area (Å²) in [6, 6.07) is 8.72. The van der Waals surface area contributed by atoms with Crippen LogP contribution in [0.5, 0.6) is 5.88 Å². The highest BCUT2D eigenvalue weighted by molar-refractivity contribution is 5.74. The summed E-state index contributed by atoms with van der Waals surface area (Å²) in [6.45, 7) is 0.776.